The minimum absolute atomic E-state index is 0.323. The lowest BCUT2D eigenvalue weighted by atomic mass is 9.89. The molecule has 3 fully saturated rings. The maximum atomic E-state index is 12.7. The van der Waals surface area contributed by atoms with Crippen LogP contribution in [0.5, 0.6) is 5.75 Å². The van der Waals surface area contributed by atoms with Crippen LogP contribution in [0.2, 0.25) is 0 Å². The van der Waals surface area contributed by atoms with Gasteiger partial charge in [-0.3, -0.25) is 4.90 Å². The molecule has 1 saturated heterocycles. The van der Waals surface area contributed by atoms with Crippen LogP contribution in [0.15, 0.2) is 29.2 Å². The van der Waals surface area contributed by atoms with E-state index in [0.717, 1.165) is 24.3 Å². The van der Waals surface area contributed by atoms with Crippen LogP contribution in [-0.2, 0) is 14.8 Å². The summed E-state index contributed by atoms with van der Waals surface area (Å²) in [5.74, 6) is 1.59. The molecule has 29 heavy (non-hydrogen) atoms. The van der Waals surface area contributed by atoms with Gasteiger partial charge in [-0.1, -0.05) is 19.3 Å². The van der Waals surface area contributed by atoms with Crippen LogP contribution in [-0.4, -0.2) is 69.7 Å². The molecule has 2 aliphatic carbocycles. The fourth-order valence-corrected chi connectivity index (χ4v) is 5.90. The third-order valence-electron chi connectivity index (χ3n) is 6.36. The van der Waals surface area contributed by atoms with Crippen molar-refractivity contribution in [2.24, 2.45) is 5.92 Å². The van der Waals surface area contributed by atoms with Gasteiger partial charge in [-0.15, -0.1) is 0 Å². The third kappa shape index (κ3) is 5.72. The van der Waals surface area contributed by atoms with E-state index in [9.17, 15) is 8.42 Å². The summed E-state index contributed by atoms with van der Waals surface area (Å²) < 4.78 is 38.1. The van der Waals surface area contributed by atoms with Crippen molar-refractivity contribution in [2.45, 2.75) is 55.9 Å². The van der Waals surface area contributed by atoms with Gasteiger partial charge in [-0.05, 0) is 55.9 Å². The van der Waals surface area contributed by atoms with Crippen molar-refractivity contribution in [3.8, 4) is 5.75 Å². The molecule has 0 atom stereocenters. The molecule has 1 aromatic carbocycles. The van der Waals surface area contributed by atoms with E-state index >= 15 is 0 Å². The van der Waals surface area contributed by atoms with Crippen molar-refractivity contribution in [1.29, 1.82) is 0 Å². The highest BCUT2D eigenvalue weighted by Gasteiger charge is 2.31. The maximum absolute atomic E-state index is 12.7. The number of hydrogen-bond donors (Lipinski definition) is 0. The maximum Gasteiger partial charge on any atom is 0.243 e. The van der Waals surface area contributed by atoms with E-state index in [-0.39, 0.29) is 0 Å². The Morgan fingerprint density at radius 3 is 2.34 bits per heavy atom. The summed E-state index contributed by atoms with van der Waals surface area (Å²) in [6, 6.07) is 7.61. The monoisotopic (exact) mass is 422 g/mol. The van der Waals surface area contributed by atoms with Gasteiger partial charge in [-0.25, -0.2) is 8.42 Å². The second-order valence-corrected chi connectivity index (χ2v) is 10.5. The standard InChI is InChI=1S/C22H34N2O4S/c25-29(26,24-13-15-27-16-14-24)22-10-8-21(9-11-22)28-17-12-23(20-6-7-20)18-19-4-2-1-3-5-19/h8-11,19-20H,1-7,12-18H2. The van der Waals surface area contributed by atoms with Gasteiger partial charge in [0.05, 0.1) is 18.1 Å². The molecule has 0 spiro atoms. The molecule has 1 aliphatic heterocycles. The molecule has 0 N–H and O–H groups in total. The van der Waals surface area contributed by atoms with E-state index in [4.69, 9.17) is 9.47 Å². The lowest BCUT2D eigenvalue weighted by molar-refractivity contribution is 0.0730. The van der Waals surface area contributed by atoms with Crippen molar-refractivity contribution in [2.75, 3.05) is 46.0 Å². The van der Waals surface area contributed by atoms with Gasteiger partial charge in [0, 0.05) is 32.2 Å². The fraction of sp³-hybridized carbons (Fsp3) is 0.727. The van der Waals surface area contributed by atoms with E-state index in [1.807, 2.05) is 0 Å². The first-order valence-electron chi connectivity index (χ1n) is 11.2. The van der Waals surface area contributed by atoms with E-state index in [1.54, 1.807) is 24.3 Å². The summed E-state index contributed by atoms with van der Waals surface area (Å²) in [6.45, 7) is 4.56. The summed E-state index contributed by atoms with van der Waals surface area (Å²) in [4.78, 5) is 2.94. The number of nitrogens with zero attached hydrogens (tertiary/aromatic N) is 2. The molecule has 162 valence electrons. The first-order valence-corrected chi connectivity index (χ1v) is 12.6. The first-order chi connectivity index (χ1) is 14.1. The molecular weight excluding hydrogens is 388 g/mol. The average Bonchev–Trinajstić information content (AvgIpc) is 3.60. The normalized spacial score (nSPS) is 22.1. The third-order valence-corrected chi connectivity index (χ3v) is 8.27. The largest absolute Gasteiger partial charge is 0.492 e. The Labute approximate surface area is 175 Å². The highest BCUT2D eigenvalue weighted by atomic mass is 32.2. The quantitative estimate of drug-likeness (QED) is 0.612. The van der Waals surface area contributed by atoms with Gasteiger partial charge < -0.3 is 9.47 Å². The highest BCUT2D eigenvalue weighted by molar-refractivity contribution is 7.89. The van der Waals surface area contributed by atoms with E-state index in [2.05, 4.69) is 4.90 Å². The van der Waals surface area contributed by atoms with Crippen LogP contribution in [0.4, 0.5) is 0 Å². The summed E-state index contributed by atoms with van der Waals surface area (Å²) in [7, 11) is -3.44. The number of hydrogen-bond acceptors (Lipinski definition) is 5. The summed E-state index contributed by atoms with van der Waals surface area (Å²) in [6.07, 6.45) is 9.58. The highest BCUT2D eigenvalue weighted by Crippen LogP contribution is 2.31. The second kappa shape index (κ2) is 9.77. The zero-order valence-electron chi connectivity index (χ0n) is 17.3. The molecule has 0 unspecified atom stereocenters. The molecule has 6 nitrogen and oxygen atoms in total. The molecule has 2 saturated carbocycles. The Morgan fingerprint density at radius 2 is 1.69 bits per heavy atom. The topological polar surface area (TPSA) is 59.1 Å². The van der Waals surface area contributed by atoms with Gasteiger partial charge in [0.1, 0.15) is 12.4 Å². The molecule has 3 aliphatic rings. The average molecular weight is 423 g/mol. The molecule has 0 aromatic heterocycles. The number of ether oxygens (including phenoxy) is 2. The second-order valence-electron chi connectivity index (χ2n) is 8.57. The van der Waals surface area contributed by atoms with Gasteiger partial charge in [0.2, 0.25) is 10.0 Å². The number of sulfonamides is 1. The fourth-order valence-electron chi connectivity index (χ4n) is 4.49. The molecule has 1 aromatic rings. The van der Waals surface area contributed by atoms with Crippen molar-refractivity contribution < 1.29 is 17.9 Å². The Kier molecular flexibility index (Phi) is 7.11. The lowest BCUT2D eigenvalue weighted by Gasteiger charge is -2.29. The van der Waals surface area contributed by atoms with Crippen LogP contribution in [0.1, 0.15) is 44.9 Å². The Hall–Kier alpha value is -1.15. The summed E-state index contributed by atoms with van der Waals surface area (Å²) in [5.41, 5.74) is 0. The number of rotatable bonds is 9. The molecule has 0 radical (unpaired) electrons. The first kappa shape index (κ1) is 21.1. The smallest absolute Gasteiger partial charge is 0.243 e. The molecule has 7 heteroatoms. The lowest BCUT2D eigenvalue weighted by Crippen LogP contribution is -2.40. The van der Waals surface area contributed by atoms with Crippen molar-refractivity contribution in [3.05, 3.63) is 24.3 Å². The Morgan fingerprint density at radius 1 is 1.00 bits per heavy atom. The number of morpholine rings is 1. The summed E-state index contributed by atoms with van der Waals surface area (Å²) >= 11 is 0. The van der Waals surface area contributed by atoms with E-state index in [1.165, 1.54) is 55.8 Å². The minimum atomic E-state index is -3.44. The molecular formula is C22H34N2O4S. The SMILES string of the molecule is O=S(=O)(c1ccc(OCCN(CC2CCCCC2)C2CC2)cc1)N1CCOCC1. The van der Waals surface area contributed by atoms with Crippen LogP contribution >= 0.6 is 0 Å². The van der Waals surface area contributed by atoms with Crippen molar-refractivity contribution in [3.63, 3.8) is 0 Å². The van der Waals surface area contributed by atoms with E-state index < -0.39 is 10.0 Å². The van der Waals surface area contributed by atoms with Crippen LogP contribution < -0.4 is 4.74 Å². The minimum Gasteiger partial charge on any atom is -0.492 e. The van der Waals surface area contributed by atoms with Crippen molar-refractivity contribution in [1.82, 2.24) is 9.21 Å². The van der Waals surface area contributed by atoms with Crippen LogP contribution in [0.3, 0.4) is 0 Å². The Balaban J connectivity index is 1.27. The molecule has 0 amide bonds. The van der Waals surface area contributed by atoms with Crippen LogP contribution in [0.25, 0.3) is 0 Å². The predicted molar refractivity (Wildman–Crippen MR) is 113 cm³/mol. The Bertz CT molecular complexity index is 737. The molecule has 1 heterocycles. The summed E-state index contributed by atoms with van der Waals surface area (Å²) in [5, 5.41) is 0. The number of benzene rings is 1. The predicted octanol–water partition coefficient (Wildman–Crippen LogP) is 3.13. The molecule has 0 bridgehead atoms. The van der Waals surface area contributed by atoms with Gasteiger partial charge in [-0.2, -0.15) is 4.31 Å². The zero-order chi connectivity index (χ0) is 20.1. The van der Waals surface area contributed by atoms with E-state index in [0.29, 0.717) is 37.8 Å². The van der Waals surface area contributed by atoms with Gasteiger partial charge >= 0.3 is 0 Å². The van der Waals surface area contributed by atoms with Crippen LogP contribution in [0, 0.1) is 5.92 Å². The van der Waals surface area contributed by atoms with Gasteiger partial charge in [0.25, 0.3) is 0 Å². The molecule has 4 rings (SSSR count). The van der Waals surface area contributed by atoms with Gasteiger partial charge in [0.15, 0.2) is 0 Å². The zero-order valence-corrected chi connectivity index (χ0v) is 18.1. The van der Waals surface area contributed by atoms with Crippen molar-refractivity contribution >= 4 is 10.0 Å².